The molecule has 66 valence electrons. The van der Waals surface area contributed by atoms with Crippen LogP contribution in [0.3, 0.4) is 0 Å². The first-order valence-electron chi connectivity index (χ1n) is 4.67. The molecule has 3 atom stereocenters. The fourth-order valence-corrected chi connectivity index (χ4v) is 2.66. The second-order valence-electron chi connectivity index (χ2n) is 3.44. The summed E-state index contributed by atoms with van der Waals surface area (Å²) >= 11 is 4.40. The van der Waals surface area contributed by atoms with Gasteiger partial charge in [0.25, 0.3) is 0 Å². The van der Waals surface area contributed by atoms with E-state index in [4.69, 9.17) is 0 Å². The standard InChI is InChI=1S/C9H19NS/c1-3-7-5-10-9(4-2)8(7)6-11/h7-11H,3-6H2,1-2H3. The predicted octanol–water partition coefficient (Wildman–Crippen LogP) is 1.94. The van der Waals surface area contributed by atoms with Crippen molar-refractivity contribution in [2.45, 2.75) is 32.7 Å². The zero-order chi connectivity index (χ0) is 8.27. The van der Waals surface area contributed by atoms with Gasteiger partial charge in [-0.3, -0.25) is 0 Å². The lowest BCUT2D eigenvalue weighted by Crippen LogP contribution is -2.27. The van der Waals surface area contributed by atoms with Crippen LogP contribution < -0.4 is 5.32 Å². The minimum atomic E-state index is 0.734. The number of thiol groups is 1. The second kappa shape index (κ2) is 4.36. The van der Waals surface area contributed by atoms with Gasteiger partial charge in [0.05, 0.1) is 0 Å². The highest BCUT2D eigenvalue weighted by Gasteiger charge is 2.31. The van der Waals surface area contributed by atoms with Crippen molar-refractivity contribution in [3.8, 4) is 0 Å². The number of nitrogens with one attached hydrogen (secondary N) is 1. The first-order valence-corrected chi connectivity index (χ1v) is 5.30. The summed E-state index contributed by atoms with van der Waals surface area (Å²) in [7, 11) is 0. The molecular formula is C9H19NS. The van der Waals surface area contributed by atoms with Gasteiger partial charge in [-0.15, -0.1) is 0 Å². The van der Waals surface area contributed by atoms with E-state index in [1.807, 2.05) is 0 Å². The van der Waals surface area contributed by atoms with E-state index in [9.17, 15) is 0 Å². The van der Waals surface area contributed by atoms with Gasteiger partial charge in [0, 0.05) is 6.04 Å². The predicted molar refractivity (Wildman–Crippen MR) is 53.2 cm³/mol. The fraction of sp³-hybridized carbons (Fsp3) is 1.00. The van der Waals surface area contributed by atoms with Crippen LogP contribution in [0.5, 0.6) is 0 Å². The zero-order valence-corrected chi connectivity index (χ0v) is 8.40. The van der Waals surface area contributed by atoms with Crippen molar-refractivity contribution in [1.29, 1.82) is 0 Å². The van der Waals surface area contributed by atoms with Gasteiger partial charge >= 0.3 is 0 Å². The first kappa shape index (κ1) is 9.40. The van der Waals surface area contributed by atoms with Crippen LogP contribution in [0, 0.1) is 11.8 Å². The molecule has 0 aromatic rings. The molecule has 1 fully saturated rings. The molecule has 1 aliphatic heterocycles. The van der Waals surface area contributed by atoms with Gasteiger partial charge in [-0.25, -0.2) is 0 Å². The van der Waals surface area contributed by atoms with Crippen LogP contribution in [0.4, 0.5) is 0 Å². The van der Waals surface area contributed by atoms with E-state index in [0.717, 1.165) is 23.6 Å². The first-order chi connectivity index (χ1) is 5.33. The van der Waals surface area contributed by atoms with Crippen LogP contribution in [-0.4, -0.2) is 18.3 Å². The van der Waals surface area contributed by atoms with Gasteiger partial charge in [0.15, 0.2) is 0 Å². The zero-order valence-electron chi connectivity index (χ0n) is 7.51. The summed E-state index contributed by atoms with van der Waals surface area (Å²) in [5.74, 6) is 2.73. The maximum Gasteiger partial charge on any atom is 0.0104 e. The third-order valence-electron chi connectivity index (χ3n) is 2.94. The van der Waals surface area contributed by atoms with E-state index in [1.54, 1.807) is 0 Å². The molecule has 0 saturated carbocycles. The Labute approximate surface area is 75.4 Å². The molecule has 0 radical (unpaired) electrons. The molecular weight excluding hydrogens is 154 g/mol. The highest BCUT2D eigenvalue weighted by molar-refractivity contribution is 7.80. The summed E-state index contributed by atoms with van der Waals surface area (Å²) in [5.41, 5.74) is 0. The van der Waals surface area contributed by atoms with E-state index in [1.165, 1.54) is 19.4 Å². The van der Waals surface area contributed by atoms with Gasteiger partial charge in [0.2, 0.25) is 0 Å². The summed E-state index contributed by atoms with van der Waals surface area (Å²) in [6.07, 6.45) is 2.55. The second-order valence-corrected chi connectivity index (χ2v) is 3.80. The molecule has 11 heavy (non-hydrogen) atoms. The Balaban J connectivity index is 2.48. The number of hydrogen-bond acceptors (Lipinski definition) is 2. The van der Waals surface area contributed by atoms with Crippen molar-refractivity contribution < 1.29 is 0 Å². The molecule has 1 rings (SSSR count). The van der Waals surface area contributed by atoms with Gasteiger partial charge in [0.1, 0.15) is 0 Å². The fourth-order valence-electron chi connectivity index (χ4n) is 2.10. The summed E-state index contributed by atoms with van der Waals surface area (Å²) < 4.78 is 0. The van der Waals surface area contributed by atoms with Crippen molar-refractivity contribution in [2.75, 3.05) is 12.3 Å². The molecule has 3 unspecified atom stereocenters. The van der Waals surface area contributed by atoms with E-state index >= 15 is 0 Å². The van der Waals surface area contributed by atoms with E-state index in [0.29, 0.717) is 0 Å². The maximum atomic E-state index is 4.40. The van der Waals surface area contributed by atoms with Crippen molar-refractivity contribution in [2.24, 2.45) is 11.8 Å². The topological polar surface area (TPSA) is 12.0 Å². The Morgan fingerprint density at radius 1 is 1.36 bits per heavy atom. The van der Waals surface area contributed by atoms with Crippen LogP contribution in [-0.2, 0) is 0 Å². The van der Waals surface area contributed by atoms with E-state index in [2.05, 4.69) is 31.8 Å². The van der Waals surface area contributed by atoms with Gasteiger partial charge in [-0.05, 0) is 30.6 Å². The smallest absolute Gasteiger partial charge is 0.0104 e. The maximum absolute atomic E-state index is 4.40. The average Bonchev–Trinajstić information content (AvgIpc) is 2.45. The summed E-state index contributed by atoms with van der Waals surface area (Å²) in [4.78, 5) is 0. The van der Waals surface area contributed by atoms with Crippen molar-refractivity contribution in [3.05, 3.63) is 0 Å². The molecule has 0 aromatic heterocycles. The molecule has 2 heteroatoms. The van der Waals surface area contributed by atoms with Gasteiger partial charge in [-0.2, -0.15) is 12.6 Å². The average molecular weight is 173 g/mol. The lowest BCUT2D eigenvalue weighted by atomic mass is 9.89. The van der Waals surface area contributed by atoms with Crippen molar-refractivity contribution in [3.63, 3.8) is 0 Å². The van der Waals surface area contributed by atoms with Gasteiger partial charge in [-0.1, -0.05) is 20.3 Å². The quantitative estimate of drug-likeness (QED) is 0.622. The molecule has 0 aromatic carbocycles. The molecule has 0 aliphatic carbocycles. The normalized spacial score (nSPS) is 37.9. The van der Waals surface area contributed by atoms with Crippen LogP contribution in [0.15, 0.2) is 0 Å². The monoisotopic (exact) mass is 173 g/mol. The third kappa shape index (κ3) is 1.91. The summed E-state index contributed by atoms with van der Waals surface area (Å²) in [6.45, 7) is 5.74. The number of rotatable bonds is 3. The Bertz CT molecular complexity index is 104. The van der Waals surface area contributed by atoms with Crippen molar-refractivity contribution in [1.82, 2.24) is 5.32 Å². The van der Waals surface area contributed by atoms with Crippen LogP contribution in [0.1, 0.15) is 26.7 Å². The molecule has 0 amide bonds. The molecule has 0 spiro atoms. The number of hydrogen-bond donors (Lipinski definition) is 2. The Hall–Kier alpha value is 0.310. The molecule has 1 nitrogen and oxygen atoms in total. The largest absolute Gasteiger partial charge is 0.313 e. The van der Waals surface area contributed by atoms with Crippen LogP contribution in [0.25, 0.3) is 0 Å². The lowest BCUT2D eigenvalue weighted by Gasteiger charge is -2.19. The highest BCUT2D eigenvalue weighted by atomic mass is 32.1. The third-order valence-corrected chi connectivity index (χ3v) is 3.36. The molecule has 1 N–H and O–H groups in total. The Kier molecular flexibility index (Phi) is 3.73. The molecule has 1 saturated heterocycles. The van der Waals surface area contributed by atoms with Crippen molar-refractivity contribution >= 4 is 12.6 Å². The lowest BCUT2D eigenvalue weighted by molar-refractivity contribution is 0.386. The van der Waals surface area contributed by atoms with Crippen LogP contribution >= 0.6 is 12.6 Å². The molecule has 0 bridgehead atoms. The minimum absolute atomic E-state index is 0.734. The van der Waals surface area contributed by atoms with Gasteiger partial charge < -0.3 is 5.32 Å². The van der Waals surface area contributed by atoms with E-state index < -0.39 is 0 Å². The molecule has 1 aliphatic rings. The Morgan fingerprint density at radius 3 is 2.55 bits per heavy atom. The van der Waals surface area contributed by atoms with Crippen LogP contribution in [0.2, 0.25) is 0 Å². The summed E-state index contributed by atoms with van der Waals surface area (Å²) in [5, 5.41) is 3.56. The van der Waals surface area contributed by atoms with E-state index in [-0.39, 0.29) is 0 Å². The Morgan fingerprint density at radius 2 is 2.09 bits per heavy atom. The minimum Gasteiger partial charge on any atom is -0.313 e. The highest BCUT2D eigenvalue weighted by Crippen LogP contribution is 2.27. The molecule has 1 heterocycles. The SMILES string of the molecule is CCC1CNC(CC)C1CS. The summed E-state index contributed by atoms with van der Waals surface area (Å²) in [6, 6.07) is 0.734.